The number of fused-ring (bicyclic) bond motifs is 3. The summed E-state index contributed by atoms with van der Waals surface area (Å²) in [5.41, 5.74) is 4.07. The smallest absolute Gasteiger partial charge is 0.304 e. The molecule has 1 aliphatic heterocycles. The third kappa shape index (κ3) is 3.31. The van der Waals surface area contributed by atoms with Crippen molar-refractivity contribution >= 4 is 34.9 Å². The number of halogens is 2. The van der Waals surface area contributed by atoms with Crippen LogP contribution in [0.25, 0.3) is 11.3 Å². The number of hydrogen-bond acceptors (Lipinski definition) is 5. The molecule has 0 fully saturated rings. The Kier molecular flexibility index (Phi) is 4.64. The van der Waals surface area contributed by atoms with E-state index in [0.717, 1.165) is 11.1 Å². The van der Waals surface area contributed by atoms with E-state index in [0.29, 0.717) is 32.6 Å². The molecule has 0 saturated heterocycles. The van der Waals surface area contributed by atoms with Gasteiger partial charge in [-0.3, -0.25) is 4.79 Å². The van der Waals surface area contributed by atoms with E-state index in [1.165, 1.54) is 13.3 Å². The molecule has 1 aliphatic rings. The van der Waals surface area contributed by atoms with Crippen LogP contribution in [0.15, 0.2) is 60.0 Å². The molecule has 1 aromatic heterocycles. The molecule has 0 saturated carbocycles. The fourth-order valence-corrected chi connectivity index (χ4v) is 3.43. The molecule has 0 bridgehead atoms. The molecule has 0 radical (unpaired) electrons. The van der Waals surface area contributed by atoms with Crippen LogP contribution in [0.3, 0.4) is 0 Å². The van der Waals surface area contributed by atoms with Crippen molar-refractivity contribution in [3.63, 3.8) is 0 Å². The average molecular weight is 398 g/mol. The lowest BCUT2D eigenvalue weighted by atomic mass is 9.95. The lowest BCUT2D eigenvalue weighted by molar-refractivity contribution is -0.146. The maximum absolute atomic E-state index is 11.7. The molecule has 4 rings (SSSR count). The zero-order valence-electron chi connectivity index (χ0n) is 14.2. The highest BCUT2D eigenvalue weighted by Crippen LogP contribution is 2.38. The fourth-order valence-electron chi connectivity index (χ4n) is 3.04. The van der Waals surface area contributed by atoms with Gasteiger partial charge in [-0.2, -0.15) is 0 Å². The minimum absolute atomic E-state index is 0.457. The van der Waals surface area contributed by atoms with E-state index in [9.17, 15) is 4.79 Å². The number of carbonyl (C=O) groups excluding carboxylic acids is 1. The summed E-state index contributed by atoms with van der Waals surface area (Å²) in [7, 11) is 0. The monoisotopic (exact) mass is 397 g/mol. The molecule has 1 unspecified atom stereocenters. The van der Waals surface area contributed by atoms with Crippen molar-refractivity contribution in [3.8, 4) is 11.3 Å². The Morgan fingerprint density at radius 3 is 2.67 bits per heavy atom. The van der Waals surface area contributed by atoms with Crippen molar-refractivity contribution in [2.24, 2.45) is 4.99 Å². The zero-order valence-corrected chi connectivity index (χ0v) is 15.7. The number of esters is 1. The lowest BCUT2D eigenvalue weighted by Crippen LogP contribution is -2.10. The van der Waals surface area contributed by atoms with Gasteiger partial charge in [0.25, 0.3) is 0 Å². The van der Waals surface area contributed by atoms with E-state index in [1.807, 2.05) is 24.3 Å². The minimum Gasteiger partial charge on any atom is -0.435 e. The molecule has 134 valence electrons. The third-order valence-electron chi connectivity index (χ3n) is 4.15. The molecule has 3 aromatic rings. The van der Waals surface area contributed by atoms with Crippen LogP contribution in [0.4, 0.5) is 0 Å². The molecule has 27 heavy (non-hydrogen) atoms. The first-order chi connectivity index (χ1) is 13.0. The van der Waals surface area contributed by atoms with Crippen molar-refractivity contribution in [2.75, 3.05) is 0 Å². The van der Waals surface area contributed by atoms with Crippen LogP contribution in [0.1, 0.15) is 29.8 Å². The molecule has 0 aliphatic carbocycles. The summed E-state index contributed by atoms with van der Waals surface area (Å²) in [5, 5.41) is 1.08. The zero-order chi connectivity index (χ0) is 19.0. The van der Waals surface area contributed by atoms with Crippen molar-refractivity contribution < 1.29 is 9.53 Å². The molecule has 1 atom stereocenters. The highest BCUT2D eigenvalue weighted by Gasteiger charge is 2.28. The largest absolute Gasteiger partial charge is 0.435 e. The van der Waals surface area contributed by atoms with E-state index in [1.54, 1.807) is 24.4 Å². The predicted molar refractivity (Wildman–Crippen MR) is 104 cm³/mol. The number of rotatable bonds is 2. The Hall–Kier alpha value is -2.76. The average Bonchev–Trinajstić information content (AvgIpc) is 2.77. The highest BCUT2D eigenvalue weighted by atomic mass is 35.5. The van der Waals surface area contributed by atoms with Gasteiger partial charge < -0.3 is 4.74 Å². The summed E-state index contributed by atoms with van der Waals surface area (Å²) < 4.78 is 5.47. The number of nitrogens with zero attached hydrogens (tertiary/aromatic N) is 3. The number of hydrogen-bond donors (Lipinski definition) is 0. The van der Waals surface area contributed by atoms with Gasteiger partial charge in [-0.25, -0.2) is 15.0 Å². The first-order valence-corrected chi connectivity index (χ1v) is 8.90. The van der Waals surface area contributed by atoms with Crippen LogP contribution in [-0.4, -0.2) is 21.6 Å². The van der Waals surface area contributed by atoms with E-state index in [-0.39, 0.29) is 0 Å². The van der Waals surface area contributed by atoms with Crippen LogP contribution in [0.5, 0.6) is 0 Å². The first-order valence-electron chi connectivity index (χ1n) is 8.14. The second-order valence-corrected chi connectivity index (χ2v) is 6.78. The van der Waals surface area contributed by atoms with Crippen molar-refractivity contribution in [2.45, 2.75) is 13.2 Å². The summed E-state index contributed by atoms with van der Waals surface area (Å²) >= 11 is 12.7. The third-order valence-corrected chi connectivity index (χ3v) is 4.72. The van der Waals surface area contributed by atoms with Crippen LogP contribution >= 0.6 is 23.2 Å². The number of carbonyl (C=O) groups is 1. The topological polar surface area (TPSA) is 64.4 Å². The van der Waals surface area contributed by atoms with Crippen LogP contribution in [0, 0.1) is 0 Å². The van der Waals surface area contributed by atoms with E-state index < -0.39 is 12.2 Å². The van der Waals surface area contributed by atoms with E-state index in [4.69, 9.17) is 32.9 Å². The summed E-state index contributed by atoms with van der Waals surface area (Å²) in [5.74, 6) is -0.457. The first kappa shape index (κ1) is 17.6. The second kappa shape index (κ2) is 7.10. The standard InChI is InChI=1S/C20H13Cl2N3O2/c1-11(26)27-20-16-9-23-10-24-18(16)13-7-6-12(21)8-15(13)19(25-20)14-4-2-3-5-17(14)22/h2-10,20H,1H3. The predicted octanol–water partition coefficient (Wildman–Crippen LogP) is 4.86. The van der Waals surface area contributed by atoms with Gasteiger partial charge >= 0.3 is 5.97 Å². The summed E-state index contributed by atoms with van der Waals surface area (Å²) in [6.45, 7) is 1.34. The molecule has 7 heteroatoms. The second-order valence-electron chi connectivity index (χ2n) is 5.94. The van der Waals surface area contributed by atoms with Crippen molar-refractivity contribution in [3.05, 3.63) is 81.7 Å². The van der Waals surface area contributed by atoms with Gasteiger partial charge in [-0.05, 0) is 18.2 Å². The molecule has 2 heterocycles. The number of ether oxygens (including phenoxy) is 1. The number of aliphatic imine (C=N–C) groups is 1. The molecule has 0 spiro atoms. The Morgan fingerprint density at radius 2 is 1.89 bits per heavy atom. The van der Waals surface area contributed by atoms with Crippen LogP contribution in [0.2, 0.25) is 10.0 Å². The van der Waals surface area contributed by atoms with Crippen molar-refractivity contribution in [1.82, 2.24) is 9.97 Å². The molecular formula is C20H13Cl2N3O2. The lowest BCUT2D eigenvalue weighted by Gasteiger charge is -2.14. The molecule has 5 nitrogen and oxygen atoms in total. The van der Waals surface area contributed by atoms with E-state index >= 15 is 0 Å². The van der Waals surface area contributed by atoms with Gasteiger partial charge in [-0.1, -0.05) is 47.5 Å². The molecule has 0 N–H and O–H groups in total. The molecular weight excluding hydrogens is 385 g/mol. The normalized spacial score (nSPS) is 15.2. The summed E-state index contributed by atoms with van der Waals surface area (Å²) in [4.78, 5) is 24.9. The quantitative estimate of drug-likeness (QED) is 0.578. The minimum atomic E-state index is -0.892. The van der Waals surface area contributed by atoms with Crippen LogP contribution in [-0.2, 0) is 9.53 Å². The Bertz CT molecular complexity index is 1080. The van der Waals surface area contributed by atoms with Gasteiger partial charge in [0, 0.05) is 39.9 Å². The Morgan fingerprint density at radius 1 is 1.07 bits per heavy atom. The fraction of sp³-hybridized carbons (Fsp3) is 0.100. The van der Waals surface area contributed by atoms with Crippen LogP contribution < -0.4 is 0 Å². The SMILES string of the molecule is CC(=O)OC1N=C(c2ccccc2Cl)c2cc(Cl)ccc2-c2ncncc21. The number of benzene rings is 2. The molecule has 2 aromatic carbocycles. The number of aromatic nitrogens is 2. The van der Waals surface area contributed by atoms with Gasteiger partial charge in [0.2, 0.25) is 6.23 Å². The highest BCUT2D eigenvalue weighted by molar-refractivity contribution is 6.36. The molecule has 0 amide bonds. The van der Waals surface area contributed by atoms with Gasteiger partial charge in [0.15, 0.2) is 0 Å². The van der Waals surface area contributed by atoms with E-state index in [2.05, 4.69) is 9.97 Å². The maximum Gasteiger partial charge on any atom is 0.304 e. The maximum atomic E-state index is 11.7. The summed E-state index contributed by atoms with van der Waals surface area (Å²) in [6.07, 6.45) is 2.16. The van der Waals surface area contributed by atoms with Gasteiger partial charge in [0.05, 0.1) is 17.0 Å². The van der Waals surface area contributed by atoms with Gasteiger partial charge in [-0.15, -0.1) is 0 Å². The summed E-state index contributed by atoms with van der Waals surface area (Å²) in [6, 6.07) is 12.8. The van der Waals surface area contributed by atoms with Crippen molar-refractivity contribution in [1.29, 1.82) is 0 Å². The Labute approximate surface area is 165 Å². The Balaban J connectivity index is 2.05. The van der Waals surface area contributed by atoms with Gasteiger partial charge in [0.1, 0.15) is 6.33 Å².